The topological polar surface area (TPSA) is 87.0 Å². The molecule has 5 heteroatoms. The Bertz CT molecular complexity index is 1000. The van der Waals surface area contributed by atoms with Gasteiger partial charge in [0.15, 0.2) is 0 Å². The molecule has 136 valence electrons. The first kappa shape index (κ1) is 18.1. The molecule has 0 spiro atoms. The van der Waals surface area contributed by atoms with Crippen LogP contribution in [0.3, 0.4) is 0 Å². The second-order valence-electron chi connectivity index (χ2n) is 6.10. The van der Waals surface area contributed by atoms with Gasteiger partial charge in [-0.3, -0.25) is 0 Å². The van der Waals surface area contributed by atoms with E-state index in [-0.39, 0.29) is 28.6 Å². The van der Waals surface area contributed by atoms with Crippen molar-refractivity contribution in [3.8, 4) is 23.0 Å². The quantitative estimate of drug-likeness (QED) is 0.361. The average Bonchev–Trinajstić information content (AvgIpc) is 2.60. The highest BCUT2D eigenvalue weighted by Crippen LogP contribution is 2.26. The van der Waals surface area contributed by atoms with Gasteiger partial charge in [-0.1, -0.05) is 30.4 Å². The number of aryl methyl sites for hydroxylation is 1. The number of carbonyl (C=O) groups excluding carboxylic acids is 1. The predicted molar refractivity (Wildman–Crippen MR) is 103 cm³/mol. The van der Waals surface area contributed by atoms with Crippen LogP contribution in [0.2, 0.25) is 0 Å². The lowest BCUT2D eigenvalue weighted by molar-refractivity contribution is 0.0731. The van der Waals surface area contributed by atoms with Crippen LogP contribution in [0, 0.1) is 6.92 Å². The van der Waals surface area contributed by atoms with Gasteiger partial charge >= 0.3 is 5.97 Å². The molecule has 5 nitrogen and oxygen atoms in total. The molecule has 27 heavy (non-hydrogen) atoms. The van der Waals surface area contributed by atoms with Crippen molar-refractivity contribution < 1.29 is 24.9 Å². The van der Waals surface area contributed by atoms with E-state index in [0.717, 1.165) is 11.1 Å². The van der Waals surface area contributed by atoms with Gasteiger partial charge in [0.1, 0.15) is 28.6 Å². The third-order valence-electron chi connectivity index (χ3n) is 3.86. The molecule has 3 N–H and O–H groups in total. The monoisotopic (exact) mass is 362 g/mol. The third kappa shape index (κ3) is 4.67. The summed E-state index contributed by atoms with van der Waals surface area (Å²) in [5.41, 5.74) is 2.35. The Morgan fingerprint density at radius 2 is 1.52 bits per heavy atom. The zero-order valence-electron chi connectivity index (χ0n) is 14.6. The van der Waals surface area contributed by atoms with Crippen molar-refractivity contribution in [2.75, 3.05) is 0 Å². The highest BCUT2D eigenvalue weighted by molar-refractivity contribution is 5.94. The largest absolute Gasteiger partial charge is 0.508 e. The molecule has 0 fully saturated rings. The fourth-order valence-electron chi connectivity index (χ4n) is 2.52. The SMILES string of the molecule is Cc1ccc(C(=O)Oc2cc(O)cc(/C=C/c3ccc(O)cc3)c2)c(O)c1. The van der Waals surface area contributed by atoms with Gasteiger partial charge in [-0.2, -0.15) is 0 Å². The normalized spacial score (nSPS) is 10.9. The molecule has 0 unspecified atom stereocenters. The number of aromatic hydroxyl groups is 3. The molecule has 0 aliphatic rings. The van der Waals surface area contributed by atoms with Gasteiger partial charge in [0.05, 0.1) is 0 Å². The molecule has 0 heterocycles. The smallest absolute Gasteiger partial charge is 0.347 e. The van der Waals surface area contributed by atoms with Crippen LogP contribution in [0.15, 0.2) is 60.7 Å². The lowest BCUT2D eigenvalue weighted by atomic mass is 10.1. The second-order valence-corrected chi connectivity index (χ2v) is 6.10. The molecule has 0 bridgehead atoms. The highest BCUT2D eigenvalue weighted by atomic mass is 16.5. The zero-order chi connectivity index (χ0) is 19.4. The number of hydrogen-bond donors (Lipinski definition) is 3. The molecule has 0 radical (unpaired) electrons. The number of carbonyl (C=O) groups is 1. The summed E-state index contributed by atoms with van der Waals surface area (Å²) < 4.78 is 5.28. The summed E-state index contributed by atoms with van der Waals surface area (Å²) >= 11 is 0. The van der Waals surface area contributed by atoms with E-state index in [1.54, 1.807) is 55.5 Å². The summed E-state index contributed by atoms with van der Waals surface area (Å²) in [6.45, 7) is 1.80. The number of rotatable bonds is 4. The van der Waals surface area contributed by atoms with Crippen LogP contribution in [-0.2, 0) is 0 Å². The number of ether oxygens (including phenoxy) is 1. The second kappa shape index (κ2) is 7.66. The van der Waals surface area contributed by atoms with Crippen LogP contribution in [0.25, 0.3) is 12.2 Å². The molecule has 3 aromatic rings. The maximum absolute atomic E-state index is 12.3. The van der Waals surface area contributed by atoms with Gasteiger partial charge in [-0.05, 0) is 60.0 Å². The molecule has 0 aliphatic heterocycles. The van der Waals surface area contributed by atoms with Crippen LogP contribution in [-0.4, -0.2) is 21.3 Å². The molecule has 0 amide bonds. The maximum Gasteiger partial charge on any atom is 0.347 e. The minimum Gasteiger partial charge on any atom is -0.508 e. The van der Waals surface area contributed by atoms with Gasteiger partial charge in [0.2, 0.25) is 0 Å². The summed E-state index contributed by atoms with van der Waals surface area (Å²) in [5.74, 6) is -0.596. The van der Waals surface area contributed by atoms with Crippen molar-refractivity contribution in [1.82, 2.24) is 0 Å². The van der Waals surface area contributed by atoms with Crippen LogP contribution in [0.5, 0.6) is 23.0 Å². The van der Waals surface area contributed by atoms with E-state index in [1.807, 2.05) is 0 Å². The summed E-state index contributed by atoms with van der Waals surface area (Å²) in [5, 5.41) is 29.1. The fourth-order valence-corrected chi connectivity index (χ4v) is 2.52. The summed E-state index contributed by atoms with van der Waals surface area (Å²) in [6.07, 6.45) is 3.54. The van der Waals surface area contributed by atoms with E-state index in [2.05, 4.69) is 0 Å². The average molecular weight is 362 g/mol. The molecule has 0 saturated carbocycles. The van der Waals surface area contributed by atoms with Crippen LogP contribution in [0.1, 0.15) is 27.0 Å². The Labute approximate surface area is 156 Å². The zero-order valence-corrected chi connectivity index (χ0v) is 14.6. The lowest BCUT2D eigenvalue weighted by Crippen LogP contribution is -2.08. The van der Waals surface area contributed by atoms with Crippen molar-refractivity contribution in [1.29, 1.82) is 0 Å². The minimum atomic E-state index is -0.716. The summed E-state index contributed by atoms with van der Waals surface area (Å²) in [7, 11) is 0. The van der Waals surface area contributed by atoms with E-state index in [9.17, 15) is 20.1 Å². The van der Waals surface area contributed by atoms with Crippen molar-refractivity contribution in [2.45, 2.75) is 6.92 Å². The predicted octanol–water partition coefficient (Wildman–Crippen LogP) is 4.50. The minimum absolute atomic E-state index is 0.0464. The molecular formula is C22H18O5. The number of phenols is 3. The molecular weight excluding hydrogens is 344 g/mol. The number of phenolic OH excluding ortho intramolecular Hbond substituents is 3. The van der Waals surface area contributed by atoms with E-state index in [1.165, 1.54) is 24.3 Å². The van der Waals surface area contributed by atoms with Gasteiger partial charge in [-0.15, -0.1) is 0 Å². The molecule has 0 aliphatic carbocycles. The first-order valence-electron chi connectivity index (χ1n) is 8.24. The Kier molecular flexibility index (Phi) is 5.13. The third-order valence-corrected chi connectivity index (χ3v) is 3.86. The number of hydrogen-bond acceptors (Lipinski definition) is 5. The van der Waals surface area contributed by atoms with Crippen LogP contribution in [0.4, 0.5) is 0 Å². The van der Waals surface area contributed by atoms with Crippen molar-refractivity contribution in [3.05, 3.63) is 82.9 Å². The Balaban J connectivity index is 1.80. The summed E-state index contributed by atoms with van der Waals surface area (Å²) in [4.78, 5) is 12.3. The molecule has 0 atom stereocenters. The van der Waals surface area contributed by atoms with Crippen molar-refractivity contribution in [2.24, 2.45) is 0 Å². The Morgan fingerprint density at radius 1 is 0.815 bits per heavy atom. The lowest BCUT2D eigenvalue weighted by Gasteiger charge is -2.08. The van der Waals surface area contributed by atoms with Gasteiger partial charge < -0.3 is 20.1 Å². The first-order valence-corrected chi connectivity index (χ1v) is 8.24. The van der Waals surface area contributed by atoms with Gasteiger partial charge in [0.25, 0.3) is 0 Å². The summed E-state index contributed by atoms with van der Waals surface area (Å²) in [6, 6.07) is 15.7. The van der Waals surface area contributed by atoms with E-state index in [4.69, 9.17) is 4.74 Å². The maximum atomic E-state index is 12.3. The fraction of sp³-hybridized carbons (Fsp3) is 0.0455. The Hall–Kier alpha value is -3.73. The van der Waals surface area contributed by atoms with Crippen LogP contribution >= 0.6 is 0 Å². The number of esters is 1. The van der Waals surface area contributed by atoms with Crippen LogP contribution < -0.4 is 4.74 Å². The molecule has 3 aromatic carbocycles. The molecule has 3 rings (SSSR count). The van der Waals surface area contributed by atoms with E-state index in [0.29, 0.717) is 5.56 Å². The first-order chi connectivity index (χ1) is 12.9. The molecule has 0 saturated heterocycles. The highest BCUT2D eigenvalue weighted by Gasteiger charge is 2.14. The molecule has 0 aromatic heterocycles. The van der Waals surface area contributed by atoms with Gasteiger partial charge in [-0.25, -0.2) is 4.79 Å². The van der Waals surface area contributed by atoms with Crippen molar-refractivity contribution >= 4 is 18.1 Å². The number of benzene rings is 3. The Morgan fingerprint density at radius 3 is 2.22 bits per heavy atom. The van der Waals surface area contributed by atoms with Gasteiger partial charge in [0, 0.05) is 6.07 Å². The van der Waals surface area contributed by atoms with E-state index >= 15 is 0 Å². The standard InChI is InChI=1S/C22H18O5/c1-14-2-9-20(21(25)10-14)22(26)27-19-12-16(11-18(24)13-19)4-3-15-5-7-17(23)8-6-15/h2-13,23-25H,1H3/b4-3+. The van der Waals surface area contributed by atoms with E-state index < -0.39 is 5.97 Å². The van der Waals surface area contributed by atoms with Crippen molar-refractivity contribution in [3.63, 3.8) is 0 Å².